The highest BCUT2D eigenvalue weighted by Crippen LogP contribution is 2.28. The molecule has 0 aromatic carbocycles. The minimum absolute atomic E-state index is 0. The van der Waals surface area contributed by atoms with Crippen LogP contribution < -0.4 is 0 Å². The largest absolute Gasteiger partial charge is 0.0854 e. The molecule has 0 heteroatoms. The zero-order valence-electron chi connectivity index (χ0n) is 29.2. The lowest BCUT2D eigenvalue weighted by Crippen LogP contribution is -2.08. The average molecular weight is 557 g/mol. The van der Waals surface area contributed by atoms with E-state index in [-0.39, 0.29) is 1.43 Å². The summed E-state index contributed by atoms with van der Waals surface area (Å²) in [7, 11) is 0. The first-order valence-electron chi connectivity index (χ1n) is 17.9. The second-order valence-electron chi connectivity index (χ2n) is 15.5. The first-order valence-corrected chi connectivity index (χ1v) is 17.9. The van der Waals surface area contributed by atoms with Crippen LogP contribution in [0.3, 0.4) is 0 Å². The molecule has 5 rings (SSSR count). The van der Waals surface area contributed by atoms with Crippen LogP contribution in [0.1, 0.15) is 173 Å². The second-order valence-corrected chi connectivity index (χ2v) is 15.5. The fraction of sp³-hybridized carbons (Fsp3) is 0.850. The Morgan fingerprint density at radius 2 is 0.675 bits per heavy atom. The molecule has 4 atom stereocenters. The molecule has 0 aromatic heterocycles. The summed E-state index contributed by atoms with van der Waals surface area (Å²) in [6, 6.07) is 0. The third kappa shape index (κ3) is 20.2. The molecule has 0 aromatic rings. The molecule has 0 heterocycles. The Kier molecular flexibility index (Phi) is 20.4. The van der Waals surface area contributed by atoms with Crippen LogP contribution in [0.15, 0.2) is 35.5 Å². The van der Waals surface area contributed by atoms with Gasteiger partial charge in [0.05, 0.1) is 0 Å². The van der Waals surface area contributed by atoms with Gasteiger partial charge in [-0.15, -0.1) is 0 Å². The van der Waals surface area contributed by atoms with E-state index < -0.39 is 0 Å². The molecular formula is C40H76. The van der Waals surface area contributed by atoms with Gasteiger partial charge in [0.15, 0.2) is 0 Å². The maximum absolute atomic E-state index is 2.37. The first-order chi connectivity index (χ1) is 18.9. The highest BCUT2D eigenvalue weighted by molar-refractivity contribution is 5.02. The van der Waals surface area contributed by atoms with Gasteiger partial charge < -0.3 is 0 Å². The van der Waals surface area contributed by atoms with Gasteiger partial charge in [0.25, 0.3) is 0 Å². The van der Waals surface area contributed by atoms with Crippen LogP contribution in [-0.2, 0) is 0 Å². The van der Waals surface area contributed by atoms with Crippen LogP contribution >= 0.6 is 0 Å². The molecule has 5 aliphatic rings. The van der Waals surface area contributed by atoms with Crippen molar-refractivity contribution in [1.29, 1.82) is 0 Å². The van der Waals surface area contributed by atoms with Gasteiger partial charge >= 0.3 is 0 Å². The lowest BCUT2D eigenvalue weighted by Gasteiger charge is -2.22. The normalized spacial score (nSPS) is 35.4. The number of hydrogen-bond acceptors (Lipinski definition) is 0. The summed E-state index contributed by atoms with van der Waals surface area (Å²) >= 11 is 0. The third-order valence-corrected chi connectivity index (χ3v) is 10.3. The van der Waals surface area contributed by atoms with Gasteiger partial charge in [-0.1, -0.05) is 142 Å². The summed E-state index contributed by atoms with van der Waals surface area (Å²) in [4.78, 5) is 0. The van der Waals surface area contributed by atoms with E-state index in [2.05, 4.69) is 93.5 Å². The molecule has 0 amide bonds. The van der Waals surface area contributed by atoms with E-state index in [0.29, 0.717) is 0 Å². The van der Waals surface area contributed by atoms with Crippen molar-refractivity contribution in [1.82, 2.24) is 0 Å². The summed E-state index contributed by atoms with van der Waals surface area (Å²) in [5.41, 5.74) is 3.17. The summed E-state index contributed by atoms with van der Waals surface area (Å²) in [5, 5.41) is 0. The first kappa shape index (κ1) is 37.2. The summed E-state index contributed by atoms with van der Waals surface area (Å²) in [6.45, 7) is 23.1. The van der Waals surface area contributed by atoms with E-state index in [9.17, 15) is 0 Å². The van der Waals surface area contributed by atoms with E-state index in [1.807, 2.05) is 0 Å². The van der Waals surface area contributed by atoms with Gasteiger partial charge in [-0.2, -0.15) is 0 Å². The minimum atomic E-state index is 0. The van der Waals surface area contributed by atoms with Gasteiger partial charge in [-0.05, 0) is 113 Å². The number of hydrogen-bond donors (Lipinski definition) is 0. The lowest BCUT2D eigenvalue weighted by molar-refractivity contribution is 0.308. The fourth-order valence-corrected chi connectivity index (χ4v) is 6.14. The van der Waals surface area contributed by atoms with Gasteiger partial charge in [0.2, 0.25) is 0 Å². The van der Waals surface area contributed by atoms with Crippen LogP contribution in [0.4, 0.5) is 0 Å². The topological polar surface area (TPSA) is 0 Å². The zero-order valence-corrected chi connectivity index (χ0v) is 29.2. The van der Waals surface area contributed by atoms with Crippen LogP contribution in [0.5, 0.6) is 0 Å². The van der Waals surface area contributed by atoms with E-state index in [0.717, 1.165) is 47.3 Å². The molecule has 0 saturated heterocycles. The molecule has 0 bridgehead atoms. The molecule has 0 N–H and O–H groups in total. The van der Waals surface area contributed by atoms with Crippen molar-refractivity contribution in [3.63, 3.8) is 0 Å². The molecule has 2 fully saturated rings. The minimum Gasteiger partial charge on any atom is -0.0854 e. The molecular weight excluding hydrogens is 480 g/mol. The molecule has 0 spiro atoms. The molecule has 40 heavy (non-hydrogen) atoms. The van der Waals surface area contributed by atoms with Crippen LogP contribution in [0.2, 0.25) is 0 Å². The van der Waals surface area contributed by atoms with Gasteiger partial charge in [0, 0.05) is 1.43 Å². The van der Waals surface area contributed by atoms with Crippen molar-refractivity contribution in [2.24, 2.45) is 47.3 Å². The van der Waals surface area contributed by atoms with Crippen LogP contribution in [0.25, 0.3) is 0 Å². The Labute approximate surface area is 255 Å². The van der Waals surface area contributed by atoms with E-state index in [4.69, 9.17) is 0 Å². The fourth-order valence-electron chi connectivity index (χ4n) is 6.14. The standard InChI is InChI=1S/2C8H16.3C8H14.H2/c5*1-7-3-5-8(2)6-4-7;/h2*7-8H,3-6H2,1-2H3;2*3,8H,4-6H2,1-2H3;3,5,7-8H,4,6H2,1-2H3;1H. The van der Waals surface area contributed by atoms with Gasteiger partial charge in [-0.25, -0.2) is 0 Å². The van der Waals surface area contributed by atoms with Crippen molar-refractivity contribution in [2.45, 2.75) is 172 Å². The van der Waals surface area contributed by atoms with Crippen molar-refractivity contribution < 1.29 is 1.43 Å². The molecule has 236 valence electrons. The average Bonchev–Trinajstić information content (AvgIpc) is 2.94. The van der Waals surface area contributed by atoms with Crippen molar-refractivity contribution in [3.05, 3.63) is 35.5 Å². The molecule has 0 radical (unpaired) electrons. The smallest absolute Gasteiger partial charge is 0 e. The molecule has 0 nitrogen and oxygen atoms in total. The molecule has 0 aliphatic heterocycles. The third-order valence-electron chi connectivity index (χ3n) is 10.3. The highest BCUT2D eigenvalue weighted by Gasteiger charge is 2.14. The SMILES string of the molecule is CC1=CCC(C)CC1.CC1=CCC(C)CC1.CC1C=CC(C)CC1.CC1CCC(C)CC1.CC1CCC(C)CC1.[HH]. The Morgan fingerprint density at radius 3 is 0.850 bits per heavy atom. The second kappa shape index (κ2) is 21.9. The van der Waals surface area contributed by atoms with Crippen LogP contribution in [-0.4, -0.2) is 0 Å². The number of rotatable bonds is 0. The zero-order chi connectivity index (χ0) is 29.9. The van der Waals surface area contributed by atoms with Crippen LogP contribution in [0, 0.1) is 47.3 Å². The van der Waals surface area contributed by atoms with E-state index >= 15 is 0 Å². The van der Waals surface area contributed by atoms with Crippen molar-refractivity contribution in [2.75, 3.05) is 0 Å². The maximum Gasteiger partial charge on any atom is 0 e. The predicted molar refractivity (Wildman–Crippen MR) is 186 cm³/mol. The Balaban J connectivity index is 0.000000485. The predicted octanol–water partition coefficient (Wildman–Crippen LogP) is 14.0. The van der Waals surface area contributed by atoms with Gasteiger partial charge in [0.1, 0.15) is 0 Å². The van der Waals surface area contributed by atoms with Crippen molar-refractivity contribution >= 4 is 0 Å². The lowest BCUT2D eigenvalue weighted by atomic mass is 9.84. The monoisotopic (exact) mass is 557 g/mol. The Morgan fingerprint density at radius 1 is 0.400 bits per heavy atom. The number of allylic oxidation sites excluding steroid dienone is 6. The van der Waals surface area contributed by atoms with E-state index in [1.54, 1.807) is 11.1 Å². The molecule has 2 saturated carbocycles. The highest BCUT2D eigenvalue weighted by atomic mass is 14.2. The molecule has 4 unspecified atom stereocenters. The van der Waals surface area contributed by atoms with E-state index in [1.165, 1.54) is 103 Å². The summed E-state index contributed by atoms with van der Waals surface area (Å²) < 4.78 is 0. The Bertz CT molecular complexity index is 618. The summed E-state index contributed by atoms with van der Waals surface area (Å²) in [5.74, 6) is 7.64. The molecule has 5 aliphatic carbocycles. The van der Waals surface area contributed by atoms with Crippen molar-refractivity contribution in [3.8, 4) is 0 Å². The summed E-state index contributed by atoms with van der Waals surface area (Å²) in [6.07, 6.45) is 32.1. The quantitative estimate of drug-likeness (QED) is 0.260. The van der Waals surface area contributed by atoms with Gasteiger partial charge in [-0.3, -0.25) is 0 Å². The Hall–Kier alpha value is -0.780. The maximum atomic E-state index is 2.37.